The van der Waals surface area contributed by atoms with Gasteiger partial charge in [-0.15, -0.1) is 0 Å². The summed E-state index contributed by atoms with van der Waals surface area (Å²) in [6.45, 7) is 8.24. The van der Waals surface area contributed by atoms with Crippen molar-refractivity contribution in [1.29, 1.82) is 0 Å². The Kier molecular flexibility index (Phi) is 4.34. The molecule has 0 N–H and O–H groups in total. The van der Waals surface area contributed by atoms with Crippen molar-refractivity contribution in [2.75, 3.05) is 18.1 Å². The van der Waals surface area contributed by atoms with Gasteiger partial charge in [-0.2, -0.15) is 4.37 Å². The highest BCUT2D eigenvalue weighted by atomic mass is 32.1. The molecule has 0 saturated carbocycles. The second-order valence-electron chi connectivity index (χ2n) is 4.42. The highest BCUT2D eigenvalue weighted by molar-refractivity contribution is 7.09. The Balaban J connectivity index is 2.13. The van der Waals surface area contributed by atoms with E-state index in [0.717, 1.165) is 43.4 Å². The van der Waals surface area contributed by atoms with E-state index >= 15 is 0 Å². The minimum Gasteiger partial charge on any atom is -0.374 e. The Morgan fingerprint density at radius 1 is 1.35 bits per heavy atom. The van der Waals surface area contributed by atoms with Crippen LogP contribution < -0.4 is 4.90 Å². The van der Waals surface area contributed by atoms with E-state index in [1.165, 1.54) is 11.5 Å². The zero-order valence-electron chi connectivity index (χ0n) is 10.8. The van der Waals surface area contributed by atoms with Gasteiger partial charge in [0.1, 0.15) is 5.82 Å². The molecule has 2 heterocycles. The second kappa shape index (κ2) is 5.78. The SMILES string of the molecule is CCc1nsc(N2CC(CC)OCC2CC)n1. The Labute approximate surface area is 107 Å². The maximum atomic E-state index is 5.83. The predicted molar refractivity (Wildman–Crippen MR) is 70.7 cm³/mol. The number of nitrogens with zero attached hydrogens (tertiary/aromatic N) is 3. The first-order valence-corrected chi connectivity index (χ1v) is 7.26. The lowest BCUT2D eigenvalue weighted by atomic mass is 10.1. The van der Waals surface area contributed by atoms with Crippen molar-refractivity contribution in [3.05, 3.63) is 5.82 Å². The number of aryl methyl sites for hydroxylation is 1. The van der Waals surface area contributed by atoms with E-state index in [1.807, 2.05) is 0 Å². The molecular formula is C12H21N3OS. The van der Waals surface area contributed by atoms with Crippen LogP contribution in [0.3, 0.4) is 0 Å². The average molecular weight is 255 g/mol. The molecule has 0 aromatic carbocycles. The molecule has 1 aliphatic heterocycles. The van der Waals surface area contributed by atoms with Crippen LogP contribution in [0.25, 0.3) is 0 Å². The van der Waals surface area contributed by atoms with E-state index < -0.39 is 0 Å². The van der Waals surface area contributed by atoms with Crippen molar-refractivity contribution in [2.45, 2.75) is 52.2 Å². The molecule has 96 valence electrons. The highest BCUT2D eigenvalue weighted by Crippen LogP contribution is 2.26. The van der Waals surface area contributed by atoms with Crippen LogP contribution >= 0.6 is 11.5 Å². The van der Waals surface area contributed by atoms with E-state index in [4.69, 9.17) is 4.74 Å². The monoisotopic (exact) mass is 255 g/mol. The summed E-state index contributed by atoms with van der Waals surface area (Å²) >= 11 is 1.52. The predicted octanol–water partition coefficient (Wildman–Crippen LogP) is 2.49. The fraction of sp³-hybridized carbons (Fsp3) is 0.833. The van der Waals surface area contributed by atoms with Gasteiger partial charge in [0.15, 0.2) is 0 Å². The topological polar surface area (TPSA) is 38.2 Å². The minimum absolute atomic E-state index is 0.340. The maximum Gasteiger partial charge on any atom is 0.205 e. The molecule has 0 radical (unpaired) electrons. The van der Waals surface area contributed by atoms with Crippen LogP contribution in [0.15, 0.2) is 0 Å². The van der Waals surface area contributed by atoms with Crippen molar-refractivity contribution < 1.29 is 4.74 Å². The van der Waals surface area contributed by atoms with E-state index in [9.17, 15) is 0 Å². The van der Waals surface area contributed by atoms with Crippen molar-refractivity contribution >= 4 is 16.7 Å². The molecule has 2 unspecified atom stereocenters. The van der Waals surface area contributed by atoms with Crippen LogP contribution in [0.2, 0.25) is 0 Å². The minimum atomic E-state index is 0.340. The Morgan fingerprint density at radius 2 is 2.18 bits per heavy atom. The first-order valence-electron chi connectivity index (χ1n) is 6.49. The molecule has 17 heavy (non-hydrogen) atoms. The number of rotatable bonds is 4. The zero-order valence-corrected chi connectivity index (χ0v) is 11.7. The van der Waals surface area contributed by atoms with Crippen molar-refractivity contribution in [2.24, 2.45) is 0 Å². The average Bonchev–Trinajstić information content (AvgIpc) is 2.86. The van der Waals surface area contributed by atoms with Crippen LogP contribution in [-0.2, 0) is 11.2 Å². The van der Waals surface area contributed by atoms with Crippen LogP contribution in [0, 0.1) is 0 Å². The van der Waals surface area contributed by atoms with Crippen molar-refractivity contribution in [3.8, 4) is 0 Å². The molecule has 2 atom stereocenters. The molecule has 1 aromatic rings. The molecule has 0 bridgehead atoms. The summed E-state index contributed by atoms with van der Waals surface area (Å²) in [5.41, 5.74) is 0. The summed E-state index contributed by atoms with van der Waals surface area (Å²) in [7, 11) is 0. The Bertz CT molecular complexity index is 355. The molecule has 1 aromatic heterocycles. The molecule has 4 nitrogen and oxygen atoms in total. The van der Waals surface area contributed by atoms with E-state index in [1.54, 1.807) is 0 Å². The van der Waals surface area contributed by atoms with Gasteiger partial charge in [-0.1, -0.05) is 20.8 Å². The Morgan fingerprint density at radius 3 is 2.76 bits per heavy atom. The fourth-order valence-corrected chi connectivity index (χ4v) is 2.91. The smallest absolute Gasteiger partial charge is 0.205 e. The summed E-state index contributed by atoms with van der Waals surface area (Å²) < 4.78 is 10.2. The van der Waals surface area contributed by atoms with Gasteiger partial charge in [-0.25, -0.2) is 4.98 Å². The molecule has 0 aliphatic carbocycles. The zero-order chi connectivity index (χ0) is 12.3. The fourth-order valence-electron chi connectivity index (χ4n) is 2.08. The normalized spacial score (nSPS) is 25.2. The molecule has 1 aliphatic rings. The molecule has 5 heteroatoms. The molecule has 1 fully saturated rings. The third-order valence-corrected chi connectivity index (χ3v) is 4.10. The Hall–Kier alpha value is -0.680. The lowest BCUT2D eigenvalue weighted by Gasteiger charge is -2.38. The van der Waals surface area contributed by atoms with E-state index in [0.29, 0.717) is 12.1 Å². The van der Waals surface area contributed by atoms with Crippen molar-refractivity contribution in [1.82, 2.24) is 9.36 Å². The third-order valence-electron chi connectivity index (χ3n) is 3.31. The number of hydrogen-bond acceptors (Lipinski definition) is 5. The number of aromatic nitrogens is 2. The molecule has 1 saturated heterocycles. The van der Waals surface area contributed by atoms with Gasteiger partial charge in [-0.05, 0) is 12.8 Å². The lowest BCUT2D eigenvalue weighted by Crippen LogP contribution is -2.49. The van der Waals surface area contributed by atoms with E-state index in [2.05, 4.69) is 35.0 Å². The first kappa shape index (κ1) is 12.8. The second-order valence-corrected chi connectivity index (χ2v) is 5.16. The summed E-state index contributed by atoms with van der Waals surface area (Å²) in [5, 5.41) is 1.07. The number of ether oxygens (including phenoxy) is 1. The standard InChI is InChI=1S/C12H21N3OS/c1-4-9-8-16-10(5-2)7-15(9)12-13-11(6-3)14-17-12/h9-10H,4-8H2,1-3H3. The maximum absolute atomic E-state index is 5.83. The molecular weight excluding hydrogens is 234 g/mol. The number of hydrogen-bond donors (Lipinski definition) is 0. The van der Waals surface area contributed by atoms with Gasteiger partial charge in [-0.3, -0.25) is 0 Å². The highest BCUT2D eigenvalue weighted by Gasteiger charge is 2.29. The van der Waals surface area contributed by atoms with Crippen LogP contribution in [0.5, 0.6) is 0 Å². The summed E-state index contributed by atoms with van der Waals surface area (Å²) in [4.78, 5) is 6.98. The lowest BCUT2D eigenvalue weighted by molar-refractivity contribution is 0.0166. The van der Waals surface area contributed by atoms with Gasteiger partial charge >= 0.3 is 0 Å². The molecule has 0 amide bonds. The number of morpholine rings is 1. The van der Waals surface area contributed by atoms with Gasteiger partial charge < -0.3 is 9.64 Å². The summed E-state index contributed by atoms with van der Waals surface area (Å²) in [6, 6.07) is 0.454. The van der Waals surface area contributed by atoms with Crippen molar-refractivity contribution in [3.63, 3.8) is 0 Å². The first-order chi connectivity index (χ1) is 8.28. The van der Waals surface area contributed by atoms with Gasteiger partial charge in [0.2, 0.25) is 5.13 Å². The van der Waals surface area contributed by atoms with Crippen LogP contribution in [-0.4, -0.2) is 34.7 Å². The third kappa shape index (κ3) is 2.77. The van der Waals surface area contributed by atoms with Gasteiger partial charge in [0.05, 0.1) is 18.8 Å². The van der Waals surface area contributed by atoms with Gasteiger partial charge in [0, 0.05) is 24.5 Å². The molecule has 0 spiro atoms. The van der Waals surface area contributed by atoms with Crippen LogP contribution in [0.4, 0.5) is 5.13 Å². The quantitative estimate of drug-likeness (QED) is 0.828. The van der Waals surface area contributed by atoms with Gasteiger partial charge in [0.25, 0.3) is 0 Å². The van der Waals surface area contributed by atoms with Crippen LogP contribution in [0.1, 0.15) is 39.4 Å². The van der Waals surface area contributed by atoms with E-state index in [-0.39, 0.29) is 0 Å². The number of anilines is 1. The largest absolute Gasteiger partial charge is 0.374 e. The molecule has 2 rings (SSSR count). The summed E-state index contributed by atoms with van der Waals surface area (Å²) in [5.74, 6) is 0.958. The summed E-state index contributed by atoms with van der Waals surface area (Å²) in [6.07, 6.45) is 3.41.